The van der Waals surface area contributed by atoms with E-state index in [-0.39, 0.29) is 12.4 Å². The van der Waals surface area contributed by atoms with Crippen molar-refractivity contribution in [3.63, 3.8) is 0 Å². The van der Waals surface area contributed by atoms with Gasteiger partial charge in [-0.3, -0.25) is 4.79 Å². The molecule has 0 saturated carbocycles. The third kappa shape index (κ3) is 4.86. The molecular formula is C17H17ClFNO3. The van der Waals surface area contributed by atoms with Gasteiger partial charge in [0.05, 0.1) is 0 Å². The van der Waals surface area contributed by atoms with Crippen LogP contribution < -0.4 is 10.1 Å². The van der Waals surface area contributed by atoms with Crippen LogP contribution in [0.4, 0.5) is 10.1 Å². The summed E-state index contributed by atoms with van der Waals surface area (Å²) in [4.78, 5) is 10.4. The van der Waals surface area contributed by atoms with E-state index in [0.29, 0.717) is 22.8 Å². The van der Waals surface area contributed by atoms with E-state index in [1.165, 1.54) is 6.07 Å². The van der Waals surface area contributed by atoms with Crippen molar-refractivity contribution < 1.29 is 18.7 Å². The zero-order valence-electron chi connectivity index (χ0n) is 12.8. The molecule has 0 fully saturated rings. The first kappa shape index (κ1) is 17.1. The van der Waals surface area contributed by atoms with E-state index in [1.807, 2.05) is 0 Å². The maximum Gasteiger partial charge on any atom is 0.296 e. The molecule has 0 bridgehead atoms. The summed E-state index contributed by atoms with van der Waals surface area (Å²) in [5.74, 6) is -0.846. The summed E-state index contributed by atoms with van der Waals surface area (Å²) >= 11 is 5.98. The molecule has 0 unspecified atom stereocenters. The minimum atomic E-state index is -1.04. The minimum absolute atomic E-state index is 0.269. The van der Waals surface area contributed by atoms with Crippen LogP contribution in [-0.4, -0.2) is 12.3 Å². The molecule has 0 saturated heterocycles. The molecule has 0 aromatic heterocycles. The second-order valence-corrected chi connectivity index (χ2v) is 5.70. The number of halogens is 2. The zero-order valence-corrected chi connectivity index (χ0v) is 13.6. The van der Waals surface area contributed by atoms with Crippen LogP contribution in [-0.2, 0) is 16.1 Å². The van der Waals surface area contributed by atoms with E-state index >= 15 is 0 Å². The number of ether oxygens (including phenoxy) is 2. The lowest BCUT2D eigenvalue weighted by Gasteiger charge is -2.24. The Labute approximate surface area is 139 Å². The quantitative estimate of drug-likeness (QED) is 0.601. The van der Waals surface area contributed by atoms with Gasteiger partial charge in [0.1, 0.15) is 11.6 Å². The first-order valence-electron chi connectivity index (χ1n) is 6.98. The molecule has 6 heteroatoms. The second-order valence-electron chi connectivity index (χ2n) is 5.29. The number of carbonyl (C=O) groups is 1. The highest BCUT2D eigenvalue weighted by Crippen LogP contribution is 2.23. The van der Waals surface area contributed by atoms with Gasteiger partial charge in [-0.1, -0.05) is 17.7 Å². The second kappa shape index (κ2) is 7.33. The Balaban J connectivity index is 1.99. The van der Waals surface area contributed by atoms with Crippen molar-refractivity contribution >= 4 is 23.8 Å². The molecule has 23 heavy (non-hydrogen) atoms. The molecule has 4 nitrogen and oxygen atoms in total. The van der Waals surface area contributed by atoms with Crippen molar-refractivity contribution in [1.29, 1.82) is 0 Å². The van der Waals surface area contributed by atoms with E-state index < -0.39 is 5.79 Å². The molecule has 2 rings (SSSR count). The fraction of sp³-hybridized carbons (Fsp3) is 0.235. The highest BCUT2D eigenvalue weighted by Gasteiger charge is 2.20. The van der Waals surface area contributed by atoms with Gasteiger partial charge in [0.2, 0.25) is 5.79 Å². The van der Waals surface area contributed by atoms with E-state index in [1.54, 1.807) is 50.2 Å². The molecule has 2 aromatic carbocycles. The molecule has 1 N–H and O–H groups in total. The van der Waals surface area contributed by atoms with Crippen LogP contribution in [0.3, 0.4) is 0 Å². The Morgan fingerprint density at radius 2 is 1.91 bits per heavy atom. The van der Waals surface area contributed by atoms with Crippen LogP contribution in [0.2, 0.25) is 5.02 Å². The molecule has 0 heterocycles. The van der Waals surface area contributed by atoms with Crippen molar-refractivity contribution in [3.05, 3.63) is 58.9 Å². The Morgan fingerprint density at radius 3 is 2.52 bits per heavy atom. The summed E-state index contributed by atoms with van der Waals surface area (Å²) in [6.45, 7) is 3.88. The summed E-state index contributed by atoms with van der Waals surface area (Å²) in [5.41, 5.74) is 1.20. The molecule has 122 valence electrons. The summed E-state index contributed by atoms with van der Waals surface area (Å²) in [6.07, 6.45) is 0. The molecule has 0 radical (unpaired) electrons. The zero-order chi connectivity index (χ0) is 16.9. The van der Waals surface area contributed by atoms with Crippen molar-refractivity contribution in [3.8, 4) is 5.75 Å². The van der Waals surface area contributed by atoms with Crippen LogP contribution in [0, 0.1) is 5.82 Å². The van der Waals surface area contributed by atoms with Gasteiger partial charge in [0.15, 0.2) is 0 Å². The SMILES string of the molecule is CC(C)(OC=O)Oc1ccc(NCc2c(F)cccc2Cl)cc1. The summed E-state index contributed by atoms with van der Waals surface area (Å²) in [6, 6.07) is 11.6. The Hall–Kier alpha value is -2.27. The molecule has 2 aromatic rings. The van der Waals surface area contributed by atoms with E-state index in [0.717, 1.165) is 5.69 Å². The van der Waals surface area contributed by atoms with Crippen LogP contribution in [0.15, 0.2) is 42.5 Å². The average Bonchev–Trinajstić information content (AvgIpc) is 2.48. The number of carbonyl (C=O) groups excluding carboxylic acids is 1. The third-order valence-electron chi connectivity index (χ3n) is 3.08. The van der Waals surface area contributed by atoms with E-state index in [9.17, 15) is 9.18 Å². The fourth-order valence-electron chi connectivity index (χ4n) is 1.96. The number of hydrogen-bond acceptors (Lipinski definition) is 4. The Bertz CT molecular complexity index is 654. The van der Waals surface area contributed by atoms with Crippen LogP contribution in [0.5, 0.6) is 5.75 Å². The molecule has 0 amide bonds. The van der Waals surface area contributed by atoms with Gasteiger partial charge in [-0.15, -0.1) is 0 Å². The number of anilines is 1. The largest absolute Gasteiger partial charge is 0.453 e. The lowest BCUT2D eigenvalue weighted by atomic mass is 10.2. The predicted octanol–water partition coefficient (Wildman–Crippen LogP) is 4.38. The molecule has 0 aliphatic heterocycles. The van der Waals surface area contributed by atoms with Gasteiger partial charge in [-0.2, -0.15) is 0 Å². The van der Waals surface area contributed by atoms with Gasteiger partial charge in [-0.25, -0.2) is 4.39 Å². The smallest absolute Gasteiger partial charge is 0.296 e. The molecule has 0 spiro atoms. The summed E-state index contributed by atoms with van der Waals surface area (Å²) in [7, 11) is 0. The van der Waals surface area contributed by atoms with Crippen LogP contribution in [0.1, 0.15) is 19.4 Å². The number of hydrogen-bond donors (Lipinski definition) is 1. The highest BCUT2D eigenvalue weighted by atomic mass is 35.5. The van der Waals surface area contributed by atoms with Gasteiger partial charge in [0, 0.05) is 36.7 Å². The lowest BCUT2D eigenvalue weighted by Crippen LogP contribution is -2.31. The lowest BCUT2D eigenvalue weighted by molar-refractivity contribution is -0.170. The fourth-order valence-corrected chi connectivity index (χ4v) is 2.19. The van der Waals surface area contributed by atoms with Crippen molar-refractivity contribution in [2.24, 2.45) is 0 Å². The van der Waals surface area contributed by atoms with Crippen molar-refractivity contribution in [2.75, 3.05) is 5.32 Å². The molecule has 0 aliphatic carbocycles. The van der Waals surface area contributed by atoms with E-state index in [4.69, 9.17) is 21.1 Å². The van der Waals surface area contributed by atoms with Gasteiger partial charge < -0.3 is 14.8 Å². The first-order chi connectivity index (χ1) is 10.9. The van der Waals surface area contributed by atoms with Crippen molar-refractivity contribution in [2.45, 2.75) is 26.2 Å². The molecular weight excluding hydrogens is 321 g/mol. The topological polar surface area (TPSA) is 47.6 Å². The van der Waals surface area contributed by atoms with Crippen LogP contribution in [0.25, 0.3) is 0 Å². The monoisotopic (exact) mass is 337 g/mol. The number of rotatable bonds is 7. The standard InChI is InChI=1S/C17H17ClFNO3/c1-17(2,22-11-21)23-13-8-6-12(7-9-13)20-10-14-15(18)4-3-5-16(14)19/h3-9,11,20H,10H2,1-2H3. The maximum atomic E-state index is 13.7. The Kier molecular flexibility index (Phi) is 5.45. The maximum absolute atomic E-state index is 13.7. The minimum Gasteiger partial charge on any atom is -0.453 e. The normalized spacial score (nSPS) is 11.0. The predicted molar refractivity (Wildman–Crippen MR) is 87.0 cm³/mol. The van der Waals surface area contributed by atoms with Gasteiger partial charge in [-0.05, 0) is 36.4 Å². The van der Waals surface area contributed by atoms with E-state index in [2.05, 4.69) is 5.32 Å². The summed E-state index contributed by atoms with van der Waals surface area (Å²) in [5, 5.41) is 3.47. The number of benzene rings is 2. The molecule has 0 aliphatic rings. The van der Waals surface area contributed by atoms with Crippen LogP contribution >= 0.6 is 11.6 Å². The van der Waals surface area contributed by atoms with Gasteiger partial charge in [0.25, 0.3) is 6.47 Å². The van der Waals surface area contributed by atoms with Gasteiger partial charge >= 0.3 is 0 Å². The molecule has 0 atom stereocenters. The van der Waals surface area contributed by atoms with Crippen molar-refractivity contribution in [1.82, 2.24) is 0 Å². The Morgan fingerprint density at radius 1 is 1.22 bits per heavy atom. The average molecular weight is 338 g/mol. The number of nitrogens with one attached hydrogen (secondary N) is 1. The summed E-state index contributed by atoms with van der Waals surface area (Å²) < 4.78 is 24.0. The third-order valence-corrected chi connectivity index (χ3v) is 3.43. The first-order valence-corrected chi connectivity index (χ1v) is 7.36. The highest BCUT2D eigenvalue weighted by molar-refractivity contribution is 6.31.